The number of amides is 3. The van der Waals surface area contributed by atoms with Crippen LogP contribution in [0.5, 0.6) is 11.5 Å². The van der Waals surface area contributed by atoms with E-state index < -0.39 is 17.1 Å². The minimum Gasteiger partial charge on any atom is -0.495 e. The number of anilines is 2. The Morgan fingerprint density at radius 3 is 2.04 bits per heavy atom. The first-order chi connectivity index (χ1) is 24.6. The van der Waals surface area contributed by atoms with E-state index in [2.05, 4.69) is 29.8 Å². The van der Waals surface area contributed by atoms with Crippen LogP contribution in [-0.4, -0.2) is 31.9 Å². The quantitative estimate of drug-likeness (QED) is 0.0828. The molecule has 0 bridgehead atoms. The molecule has 5 rings (SSSR count). The maximum atomic E-state index is 13.9. The van der Waals surface area contributed by atoms with Crippen LogP contribution >= 0.6 is 23.4 Å². The molecular weight excluding hydrogens is 682 g/mol. The molecule has 8 nitrogen and oxygen atoms in total. The normalized spacial score (nSPS) is 11.8. The lowest BCUT2D eigenvalue weighted by atomic mass is 10.0. The van der Waals surface area contributed by atoms with Gasteiger partial charge in [-0.05, 0) is 65.1 Å². The number of halogens is 1. The van der Waals surface area contributed by atoms with Crippen molar-refractivity contribution in [1.82, 2.24) is 5.32 Å². The molecule has 0 spiro atoms. The van der Waals surface area contributed by atoms with Gasteiger partial charge in [-0.1, -0.05) is 104 Å². The van der Waals surface area contributed by atoms with Crippen LogP contribution in [-0.2, 0) is 9.59 Å². The molecule has 0 aliphatic heterocycles. The number of rotatable bonds is 13. The van der Waals surface area contributed by atoms with Crippen molar-refractivity contribution in [2.75, 3.05) is 24.9 Å². The summed E-state index contributed by atoms with van der Waals surface area (Å²) >= 11 is 7.68. The average Bonchev–Trinajstić information content (AvgIpc) is 3.14. The molecule has 3 amide bonds. The summed E-state index contributed by atoms with van der Waals surface area (Å²) < 4.78 is 10.8. The van der Waals surface area contributed by atoms with Crippen molar-refractivity contribution in [1.29, 1.82) is 0 Å². The number of nitrogens with one attached hydrogen (secondary N) is 3. The lowest BCUT2D eigenvalue weighted by Crippen LogP contribution is -2.30. The first-order valence-electron chi connectivity index (χ1n) is 16.2. The Hall–Kier alpha value is -5.51. The first-order valence-corrected chi connectivity index (χ1v) is 17.4. The molecule has 1 unspecified atom stereocenters. The Bertz CT molecular complexity index is 2020. The zero-order valence-corrected chi connectivity index (χ0v) is 30.2. The van der Waals surface area contributed by atoms with Gasteiger partial charge in [-0.15, -0.1) is 11.8 Å². The van der Waals surface area contributed by atoms with E-state index in [1.54, 1.807) is 60.7 Å². The number of carbonyl (C=O) groups is 3. The van der Waals surface area contributed by atoms with E-state index in [0.29, 0.717) is 39.4 Å². The highest BCUT2D eigenvalue weighted by Gasteiger charge is 2.24. The second-order valence-corrected chi connectivity index (χ2v) is 13.4. The van der Waals surface area contributed by atoms with Gasteiger partial charge >= 0.3 is 0 Å². The van der Waals surface area contributed by atoms with Crippen molar-refractivity contribution >= 4 is 58.5 Å². The molecule has 1 atom stereocenters. The van der Waals surface area contributed by atoms with Crippen molar-refractivity contribution in [3.05, 3.63) is 154 Å². The number of hydrogen-bond donors (Lipinski definition) is 3. The van der Waals surface area contributed by atoms with Gasteiger partial charge in [0.2, 0.25) is 5.91 Å². The summed E-state index contributed by atoms with van der Waals surface area (Å²) in [6, 6.07) is 36.3. The van der Waals surface area contributed by atoms with Crippen molar-refractivity contribution < 1.29 is 23.9 Å². The van der Waals surface area contributed by atoms with Gasteiger partial charge in [-0.2, -0.15) is 0 Å². The van der Waals surface area contributed by atoms with Gasteiger partial charge in [-0.25, -0.2) is 0 Å². The molecule has 0 radical (unpaired) electrons. The van der Waals surface area contributed by atoms with Crippen LogP contribution in [0.15, 0.2) is 132 Å². The summed E-state index contributed by atoms with van der Waals surface area (Å²) in [5.74, 6) is -0.0596. The fourth-order valence-corrected chi connectivity index (χ4v) is 6.45. The molecule has 5 aromatic rings. The SMILES string of the molecule is COc1cc(OC)c(NC(=O)C(Sc2cccc(NC(=O)/C(=C\c3ccc(C(C)C)cc3)NC(=O)c3ccccc3)c2)c2ccccc2)cc1Cl. The molecule has 51 heavy (non-hydrogen) atoms. The van der Waals surface area contributed by atoms with Crippen LogP contribution in [0.25, 0.3) is 6.08 Å². The fourth-order valence-electron chi connectivity index (χ4n) is 5.12. The molecule has 0 saturated carbocycles. The minimum absolute atomic E-state index is 0.0767. The lowest BCUT2D eigenvalue weighted by molar-refractivity contribution is -0.116. The second-order valence-electron chi connectivity index (χ2n) is 11.8. The summed E-state index contributed by atoms with van der Waals surface area (Å²) in [7, 11) is 3.00. The highest BCUT2D eigenvalue weighted by atomic mass is 35.5. The molecule has 260 valence electrons. The molecular formula is C41H38ClN3O5S. The lowest BCUT2D eigenvalue weighted by Gasteiger charge is -2.19. The smallest absolute Gasteiger partial charge is 0.272 e. The number of hydrogen-bond acceptors (Lipinski definition) is 6. The number of carbonyl (C=O) groups excluding carboxylic acids is 3. The maximum Gasteiger partial charge on any atom is 0.272 e. The Kier molecular flexibility index (Phi) is 12.6. The zero-order valence-electron chi connectivity index (χ0n) is 28.6. The van der Waals surface area contributed by atoms with E-state index in [1.165, 1.54) is 26.0 Å². The first kappa shape index (κ1) is 36.8. The van der Waals surface area contributed by atoms with Gasteiger partial charge < -0.3 is 25.4 Å². The van der Waals surface area contributed by atoms with Crippen molar-refractivity contribution in [3.63, 3.8) is 0 Å². The number of ether oxygens (including phenoxy) is 2. The van der Waals surface area contributed by atoms with Gasteiger partial charge in [0.1, 0.15) is 22.4 Å². The number of thioether (sulfide) groups is 1. The van der Waals surface area contributed by atoms with Crippen molar-refractivity contribution in [2.24, 2.45) is 0 Å². The number of benzene rings is 5. The number of methoxy groups -OCH3 is 2. The fraction of sp³-hybridized carbons (Fsp3) is 0.146. The van der Waals surface area contributed by atoms with Crippen LogP contribution < -0.4 is 25.4 Å². The van der Waals surface area contributed by atoms with Crippen LogP contribution in [0.3, 0.4) is 0 Å². The predicted octanol–water partition coefficient (Wildman–Crippen LogP) is 9.36. The Balaban J connectivity index is 1.39. The maximum absolute atomic E-state index is 13.9. The molecule has 0 heterocycles. The van der Waals surface area contributed by atoms with Gasteiger partial charge in [0, 0.05) is 22.2 Å². The van der Waals surface area contributed by atoms with Crippen molar-refractivity contribution in [2.45, 2.75) is 29.9 Å². The van der Waals surface area contributed by atoms with E-state index in [4.69, 9.17) is 21.1 Å². The van der Waals surface area contributed by atoms with Crippen LogP contribution in [0.1, 0.15) is 52.1 Å². The van der Waals surface area contributed by atoms with Crippen LogP contribution in [0, 0.1) is 0 Å². The Morgan fingerprint density at radius 2 is 1.39 bits per heavy atom. The Morgan fingerprint density at radius 1 is 0.725 bits per heavy atom. The third-order valence-electron chi connectivity index (χ3n) is 7.86. The topological polar surface area (TPSA) is 106 Å². The average molecular weight is 720 g/mol. The molecule has 5 aromatic carbocycles. The largest absolute Gasteiger partial charge is 0.495 e. The highest BCUT2D eigenvalue weighted by molar-refractivity contribution is 8.00. The molecule has 10 heteroatoms. The van der Waals surface area contributed by atoms with Gasteiger partial charge in [-0.3, -0.25) is 14.4 Å². The Labute approximate surface area is 307 Å². The molecule has 0 aliphatic rings. The van der Waals surface area contributed by atoms with E-state index in [0.717, 1.165) is 21.6 Å². The molecule has 0 saturated heterocycles. The third-order valence-corrected chi connectivity index (χ3v) is 9.40. The predicted molar refractivity (Wildman–Crippen MR) is 206 cm³/mol. The van der Waals surface area contributed by atoms with E-state index in [-0.39, 0.29) is 11.6 Å². The summed E-state index contributed by atoms with van der Waals surface area (Å²) in [5.41, 5.74) is 4.06. The minimum atomic E-state index is -0.683. The summed E-state index contributed by atoms with van der Waals surface area (Å²) in [4.78, 5) is 41.5. The second kappa shape index (κ2) is 17.4. The molecule has 0 aromatic heterocycles. The van der Waals surface area contributed by atoms with Crippen LogP contribution in [0.4, 0.5) is 11.4 Å². The van der Waals surface area contributed by atoms with E-state index in [1.807, 2.05) is 66.7 Å². The third kappa shape index (κ3) is 9.81. The van der Waals surface area contributed by atoms with Gasteiger partial charge in [0.25, 0.3) is 11.8 Å². The summed E-state index contributed by atoms with van der Waals surface area (Å²) in [5, 5.41) is 8.31. The van der Waals surface area contributed by atoms with Gasteiger partial charge in [0.05, 0.1) is 24.9 Å². The van der Waals surface area contributed by atoms with Crippen molar-refractivity contribution in [3.8, 4) is 11.5 Å². The highest BCUT2D eigenvalue weighted by Crippen LogP contribution is 2.40. The molecule has 3 N–H and O–H groups in total. The monoisotopic (exact) mass is 719 g/mol. The molecule has 0 fully saturated rings. The summed E-state index contributed by atoms with van der Waals surface area (Å²) in [6.45, 7) is 4.22. The summed E-state index contributed by atoms with van der Waals surface area (Å²) in [6.07, 6.45) is 1.65. The van der Waals surface area contributed by atoms with Crippen LogP contribution in [0.2, 0.25) is 5.02 Å². The van der Waals surface area contributed by atoms with Gasteiger partial charge in [0.15, 0.2) is 0 Å². The van der Waals surface area contributed by atoms with E-state index >= 15 is 0 Å². The zero-order chi connectivity index (χ0) is 36.3. The standard InChI is InChI=1S/C41H38ClN3O5S/c1-26(2)28-20-18-27(19-21-28)22-35(45-39(46)30-14-9-6-10-15-30)40(47)43-31-16-11-17-32(23-31)51-38(29-12-7-5-8-13-29)41(48)44-34-24-33(42)36(49-3)25-37(34)50-4/h5-26,38H,1-4H3,(H,43,47)(H,44,48)(H,45,46)/b35-22+. The van der Waals surface area contributed by atoms with E-state index in [9.17, 15) is 14.4 Å². The molecule has 0 aliphatic carbocycles.